The molecule has 0 saturated carbocycles. The lowest BCUT2D eigenvalue weighted by Crippen LogP contribution is -2.60. The van der Waals surface area contributed by atoms with E-state index >= 15 is 0 Å². The Kier molecular flexibility index (Phi) is 3.70. The zero-order chi connectivity index (χ0) is 12.5. The molecule has 2 aliphatic rings. The predicted octanol–water partition coefficient (Wildman–Crippen LogP) is -0.0415. The van der Waals surface area contributed by atoms with E-state index in [1.807, 2.05) is 0 Å². The topological polar surface area (TPSA) is 69.8 Å². The highest BCUT2D eigenvalue weighted by molar-refractivity contribution is 5.78. The highest BCUT2D eigenvalue weighted by Gasteiger charge is 2.35. The second-order valence-corrected chi connectivity index (χ2v) is 5.64. The molecule has 0 radical (unpaired) electrons. The van der Waals surface area contributed by atoms with Gasteiger partial charge >= 0.3 is 5.97 Å². The standard InChI is InChI=1S/C12H23N3O2/c1-12(13,11(16)17)9-14-6-7-15-5-3-2-4-10(15)8-14/h10H,2-9,13H2,1H3,(H,16,17). The van der Waals surface area contributed by atoms with Crippen molar-refractivity contribution in [2.45, 2.75) is 37.8 Å². The van der Waals surface area contributed by atoms with Crippen LogP contribution >= 0.6 is 0 Å². The van der Waals surface area contributed by atoms with E-state index in [1.165, 1.54) is 25.8 Å². The summed E-state index contributed by atoms with van der Waals surface area (Å²) in [4.78, 5) is 15.8. The van der Waals surface area contributed by atoms with Crippen LogP contribution in [-0.4, -0.2) is 65.2 Å². The average Bonchev–Trinajstić information content (AvgIpc) is 2.28. The molecule has 2 unspecified atom stereocenters. The summed E-state index contributed by atoms with van der Waals surface area (Å²) in [7, 11) is 0. The number of fused-ring (bicyclic) bond motifs is 1. The monoisotopic (exact) mass is 241 g/mol. The highest BCUT2D eigenvalue weighted by Crippen LogP contribution is 2.21. The summed E-state index contributed by atoms with van der Waals surface area (Å²) in [6.07, 6.45) is 3.85. The Hall–Kier alpha value is -0.650. The summed E-state index contributed by atoms with van der Waals surface area (Å²) in [5.41, 5.74) is 4.68. The van der Waals surface area contributed by atoms with Crippen LogP contribution in [0.2, 0.25) is 0 Å². The number of piperidine rings is 1. The third kappa shape index (κ3) is 2.97. The van der Waals surface area contributed by atoms with Gasteiger partial charge in [-0.15, -0.1) is 0 Å². The Labute approximate surface area is 103 Å². The Morgan fingerprint density at radius 3 is 2.88 bits per heavy atom. The highest BCUT2D eigenvalue weighted by atomic mass is 16.4. The molecule has 17 heavy (non-hydrogen) atoms. The number of aliphatic carboxylic acids is 1. The zero-order valence-electron chi connectivity index (χ0n) is 10.6. The molecule has 0 spiro atoms. The minimum atomic E-state index is -1.13. The fourth-order valence-corrected chi connectivity index (χ4v) is 2.90. The molecule has 0 aromatic heterocycles. The Morgan fingerprint density at radius 2 is 2.18 bits per heavy atom. The summed E-state index contributed by atoms with van der Waals surface area (Å²) in [5.74, 6) is -0.913. The van der Waals surface area contributed by atoms with Gasteiger partial charge in [-0.2, -0.15) is 0 Å². The number of hydrogen-bond donors (Lipinski definition) is 2. The molecule has 0 aromatic rings. The van der Waals surface area contributed by atoms with Gasteiger partial charge in [0.25, 0.3) is 0 Å². The van der Waals surface area contributed by atoms with Crippen molar-refractivity contribution in [1.29, 1.82) is 0 Å². The fourth-order valence-electron chi connectivity index (χ4n) is 2.90. The minimum absolute atomic E-state index is 0.451. The maximum Gasteiger partial charge on any atom is 0.324 e. The first-order valence-corrected chi connectivity index (χ1v) is 6.48. The molecule has 0 aromatic carbocycles. The summed E-state index contributed by atoms with van der Waals surface area (Å²) in [5, 5.41) is 9.04. The van der Waals surface area contributed by atoms with E-state index in [0.29, 0.717) is 12.6 Å². The van der Waals surface area contributed by atoms with Gasteiger partial charge < -0.3 is 10.8 Å². The SMILES string of the molecule is CC(N)(CN1CCN2CCCCC2C1)C(=O)O. The molecule has 0 aliphatic carbocycles. The van der Waals surface area contributed by atoms with Crippen LogP contribution in [0.15, 0.2) is 0 Å². The maximum atomic E-state index is 11.0. The lowest BCUT2D eigenvalue weighted by Gasteiger charge is -2.45. The molecule has 2 heterocycles. The summed E-state index contributed by atoms with van der Waals surface area (Å²) in [6, 6.07) is 0.613. The van der Waals surface area contributed by atoms with E-state index in [4.69, 9.17) is 10.8 Å². The number of piperazine rings is 1. The van der Waals surface area contributed by atoms with Crippen molar-refractivity contribution in [3.8, 4) is 0 Å². The summed E-state index contributed by atoms with van der Waals surface area (Å²) >= 11 is 0. The normalized spacial score (nSPS) is 30.6. The van der Waals surface area contributed by atoms with E-state index in [9.17, 15) is 4.79 Å². The zero-order valence-corrected chi connectivity index (χ0v) is 10.6. The number of nitrogens with zero attached hydrogens (tertiary/aromatic N) is 2. The van der Waals surface area contributed by atoms with Gasteiger partial charge in [-0.1, -0.05) is 6.42 Å². The first kappa shape index (κ1) is 12.8. The van der Waals surface area contributed by atoms with Gasteiger partial charge in [0.1, 0.15) is 5.54 Å². The Morgan fingerprint density at radius 1 is 1.41 bits per heavy atom. The van der Waals surface area contributed by atoms with E-state index in [1.54, 1.807) is 6.92 Å². The first-order chi connectivity index (χ1) is 7.99. The number of nitrogens with two attached hydrogens (primary N) is 1. The van der Waals surface area contributed by atoms with Crippen LogP contribution in [0.3, 0.4) is 0 Å². The van der Waals surface area contributed by atoms with E-state index < -0.39 is 11.5 Å². The van der Waals surface area contributed by atoms with Crippen LogP contribution in [0.5, 0.6) is 0 Å². The van der Waals surface area contributed by atoms with Crippen LogP contribution < -0.4 is 5.73 Å². The van der Waals surface area contributed by atoms with E-state index in [-0.39, 0.29) is 0 Å². The summed E-state index contributed by atoms with van der Waals surface area (Å²) < 4.78 is 0. The number of hydrogen-bond acceptors (Lipinski definition) is 4. The Balaban J connectivity index is 1.89. The largest absolute Gasteiger partial charge is 0.480 e. The third-order valence-electron chi connectivity index (χ3n) is 3.96. The molecule has 5 nitrogen and oxygen atoms in total. The van der Waals surface area contributed by atoms with Crippen molar-refractivity contribution < 1.29 is 9.90 Å². The molecule has 2 atom stereocenters. The van der Waals surface area contributed by atoms with Crippen LogP contribution in [-0.2, 0) is 4.79 Å². The predicted molar refractivity (Wildman–Crippen MR) is 65.9 cm³/mol. The van der Waals surface area contributed by atoms with Crippen LogP contribution in [0.4, 0.5) is 0 Å². The van der Waals surface area contributed by atoms with Gasteiger partial charge in [-0.3, -0.25) is 14.6 Å². The van der Waals surface area contributed by atoms with Crippen molar-refractivity contribution in [3.05, 3.63) is 0 Å². The fraction of sp³-hybridized carbons (Fsp3) is 0.917. The molecule has 2 fully saturated rings. The van der Waals surface area contributed by atoms with Gasteiger partial charge in [-0.25, -0.2) is 0 Å². The maximum absolute atomic E-state index is 11.0. The van der Waals surface area contributed by atoms with Gasteiger partial charge in [-0.05, 0) is 26.3 Å². The first-order valence-electron chi connectivity index (χ1n) is 6.48. The lowest BCUT2D eigenvalue weighted by molar-refractivity contribution is -0.143. The number of carbonyl (C=O) groups is 1. The summed E-state index contributed by atoms with van der Waals surface area (Å²) in [6.45, 7) is 6.23. The van der Waals surface area contributed by atoms with Gasteiger partial charge in [0.15, 0.2) is 0 Å². The third-order valence-corrected chi connectivity index (χ3v) is 3.96. The molecule has 3 N–H and O–H groups in total. The van der Waals surface area contributed by atoms with Crippen molar-refractivity contribution >= 4 is 5.97 Å². The Bertz CT molecular complexity index is 293. The van der Waals surface area contributed by atoms with Crippen LogP contribution in [0, 0.1) is 0 Å². The van der Waals surface area contributed by atoms with Crippen molar-refractivity contribution in [1.82, 2.24) is 9.80 Å². The molecular weight excluding hydrogens is 218 g/mol. The molecule has 98 valence electrons. The number of carboxylic acids is 1. The van der Waals surface area contributed by atoms with Gasteiger partial charge in [0, 0.05) is 32.2 Å². The molecule has 2 aliphatic heterocycles. The van der Waals surface area contributed by atoms with E-state index in [0.717, 1.165) is 19.6 Å². The van der Waals surface area contributed by atoms with E-state index in [2.05, 4.69) is 9.80 Å². The van der Waals surface area contributed by atoms with Crippen molar-refractivity contribution in [2.24, 2.45) is 5.73 Å². The molecule has 0 bridgehead atoms. The smallest absolute Gasteiger partial charge is 0.324 e. The molecule has 2 rings (SSSR count). The average molecular weight is 241 g/mol. The van der Waals surface area contributed by atoms with Crippen LogP contribution in [0.1, 0.15) is 26.2 Å². The number of carboxylic acid groups (broad SMARTS) is 1. The van der Waals surface area contributed by atoms with Crippen molar-refractivity contribution in [2.75, 3.05) is 32.7 Å². The molecule has 5 heteroatoms. The number of rotatable bonds is 3. The van der Waals surface area contributed by atoms with Crippen molar-refractivity contribution in [3.63, 3.8) is 0 Å². The molecular formula is C12H23N3O2. The van der Waals surface area contributed by atoms with Gasteiger partial charge in [0.05, 0.1) is 0 Å². The van der Waals surface area contributed by atoms with Crippen LogP contribution in [0.25, 0.3) is 0 Å². The van der Waals surface area contributed by atoms with Gasteiger partial charge in [0.2, 0.25) is 0 Å². The second kappa shape index (κ2) is 4.92. The minimum Gasteiger partial charge on any atom is -0.480 e. The lowest BCUT2D eigenvalue weighted by atomic mass is 9.97. The molecule has 2 saturated heterocycles. The quantitative estimate of drug-likeness (QED) is 0.725. The molecule has 0 amide bonds. The second-order valence-electron chi connectivity index (χ2n) is 5.64.